The van der Waals surface area contributed by atoms with Crippen molar-refractivity contribution in [2.75, 3.05) is 13.1 Å². The summed E-state index contributed by atoms with van der Waals surface area (Å²) >= 11 is 0. The van der Waals surface area contributed by atoms with Gasteiger partial charge in [-0.05, 0) is 30.9 Å². The quantitative estimate of drug-likeness (QED) is 0.762. The van der Waals surface area contributed by atoms with E-state index in [4.69, 9.17) is 14.9 Å². The third-order valence-electron chi connectivity index (χ3n) is 4.99. The van der Waals surface area contributed by atoms with Gasteiger partial charge in [0.15, 0.2) is 0 Å². The topological polar surface area (TPSA) is 92.4 Å². The van der Waals surface area contributed by atoms with Crippen LogP contribution in [0.15, 0.2) is 24.5 Å². The fourth-order valence-corrected chi connectivity index (χ4v) is 3.23. The molecule has 3 heterocycles. The number of aromatic nitrogens is 3. The van der Waals surface area contributed by atoms with Gasteiger partial charge in [0.05, 0.1) is 18.8 Å². The van der Waals surface area contributed by atoms with Crippen molar-refractivity contribution in [3.05, 3.63) is 41.7 Å². The highest BCUT2D eigenvalue weighted by atomic mass is 19.4. The first-order chi connectivity index (χ1) is 14.1. The number of nitrogens with zero attached hydrogens (tertiary/aromatic N) is 4. The second-order valence-electron chi connectivity index (χ2n) is 7.51. The van der Waals surface area contributed by atoms with E-state index in [1.165, 1.54) is 19.4 Å². The second kappa shape index (κ2) is 8.90. The summed E-state index contributed by atoms with van der Waals surface area (Å²) in [6.07, 6.45) is 1.65. The average Bonchev–Trinajstić information content (AvgIpc) is 3.22. The average molecular weight is 427 g/mol. The fraction of sp³-hybridized carbons (Fsp3) is 0.526. The number of aryl methyl sites for hydroxylation is 1. The maximum Gasteiger partial charge on any atom is 0.490 e. The number of nitrogens with one attached hydrogen (secondary N) is 1. The SMILES string of the molecule is Cn1cccc1C(=O)NCc1cn2c(n1)CN(CC1CC1)CC2.O=C(O)C(F)(F)F. The van der Waals surface area contributed by atoms with E-state index in [-0.39, 0.29) is 5.91 Å². The second-order valence-corrected chi connectivity index (χ2v) is 7.51. The van der Waals surface area contributed by atoms with E-state index in [0.717, 1.165) is 37.1 Å². The molecule has 1 saturated carbocycles. The molecule has 11 heteroatoms. The largest absolute Gasteiger partial charge is 0.490 e. The number of carbonyl (C=O) groups excluding carboxylic acids is 1. The van der Waals surface area contributed by atoms with E-state index in [0.29, 0.717) is 12.2 Å². The van der Waals surface area contributed by atoms with Crippen LogP contribution >= 0.6 is 0 Å². The molecular formula is C19H24F3N5O3. The predicted molar refractivity (Wildman–Crippen MR) is 101 cm³/mol. The molecule has 0 aromatic carbocycles. The number of hydrogen-bond acceptors (Lipinski definition) is 4. The summed E-state index contributed by atoms with van der Waals surface area (Å²) in [6, 6.07) is 3.70. The van der Waals surface area contributed by atoms with Gasteiger partial charge in [0.1, 0.15) is 11.5 Å². The van der Waals surface area contributed by atoms with Gasteiger partial charge in [0.2, 0.25) is 0 Å². The van der Waals surface area contributed by atoms with Crippen LogP contribution in [-0.4, -0.2) is 55.3 Å². The summed E-state index contributed by atoms with van der Waals surface area (Å²) in [7, 11) is 1.87. The molecule has 0 radical (unpaired) electrons. The van der Waals surface area contributed by atoms with Gasteiger partial charge in [0, 0.05) is 39.1 Å². The van der Waals surface area contributed by atoms with Crippen LogP contribution in [0.1, 0.15) is 34.8 Å². The van der Waals surface area contributed by atoms with Crippen molar-refractivity contribution in [3.63, 3.8) is 0 Å². The van der Waals surface area contributed by atoms with Crippen molar-refractivity contribution in [1.82, 2.24) is 24.3 Å². The Morgan fingerprint density at radius 3 is 2.57 bits per heavy atom. The minimum absolute atomic E-state index is 0.0566. The zero-order valence-corrected chi connectivity index (χ0v) is 16.5. The zero-order valence-electron chi connectivity index (χ0n) is 16.5. The maximum atomic E-state index is 12.1. The van der Waals surface area contributed by atoms with Crippen LogP contribution in [0.4, 0.5) is 13.2 Å². The van der Waals surface area contributed by atoms with Crippen LogP contribution in [0.3, 0.4) is 0 Å². The molecule has 2 aromatic heterocycles. The number of hydrogen-bond donors (Lipinski definition) is 2. The Morgan fingerprint density at radius 2 is 2.00 bits per heavy atom. The molecule has 2 N–H and O–H groups in total. The molecule has 0 bridgehead atoms. The number of imidazole rings is 1. The van der Waals surface area contributed by atoms with Gasteiger partial charge >= 0.3 is 12.1 Å². The van der Waals surface area contributed by atoms with Gasteiger partial charge < -0.3 is 19.6 Å². The Bertz CT molecular complexity index is 902. The molecule has 2 aromatic rings. The molecular weight excluding hydrogens is 403 g/mol. The van der Waals surface area contributed by atoms with Crippen LogP contribution in [0, 0.1) is 5.92 Å². The van der Waals surface area contributed by atoms with Crippen molar-refractivity contribution < 1.29 is 27.9 Å². The van der Waals surface area contributed by atoms with E-state index in [1.54, 1.807) is 0 Å². The van der Waals surface area contributed by atoms with E-state index in [1.807, 2.05) is 29.9 Å². The highest BCUT2D eigenvalue weighted by molar-refractivity contribution is 5.92. The molecule has 8 nitrogen and oxygen atoms in total. The van der Waals surface area contributed by atoms with Crippen LogP contribution < -0.4 is 5.32 Å². The van der Waals surface area contributed by atoms with Gasteiger partial charge in [-0.3, -0.25) is 9.69 Å². The van der Waals surface area contributed by atoms with Gasteiger partial charge in [-0.2, -0.15) is 13.2 Å². The first-order valence-electron chi connectivity index (χ1n) is 9.60. The number of carbonyl (C=O) groups is 2. The Morgan fingerprint density at radius 1 is 1.30 bits per heavy atom. The zero-order chi connectivity index (χ0) is 21.9. The minimum Gasteiger partial charge on any atom is -0.475 e. The van der Waals surface area contributed by atoms with Gasteiger partial charge in [-0.25, -0.2) is 9.78 Å². The molecule has 0 unspecified atom stereocenters. The van der Waals surface area contributed by atoms with E-state index in [9.17, 15) is 18.0 Å². The van der Waals surface area contributed by atoms with Crippen molar-refractivity contribution >= 4 is 11.9 Å². The van der Waals surface area contributed by atoms with Gasteiger partial charge in [0.25, 0.3) is 5.91 Å². The standard InChI is InChI=1S/C17H23N5O.C2HF3O2/c1-20-6-2-3-15(20)17(23)18-9-14-11-22-8-7-21(10-13-4-5-13)12-16(22)19-14;3-2(4,5)1(6)7/h2-3,6,11,13H,4-5,7-10,12H2,1H3,(H,18,23);(H,6,7). The van der Waals surface area contributed by atoms with E-state index >= 15 is 0 Å². The molecule has 2 aliphatic rings. The number of amides is 1. The molecule has 30 heavy (non-hydrogen) atoms. The third-order valence-corrected chi connectivity index (χ3v) is 4.99. The lowest BCUT2D eigenvalue weighted by molar-refractivity contribution is -0.192. The number of halogens is 3. The first-order valence-corrected chi connectivity index (χ1v) is 9.60. The lowest BCUT2D eigenvalue weighted by Gasteiger charge is -2.27. The normalized spacial score (nSPS) is 16.4. The van der Waals surface area contributed by atoms with Crippen molar-refractivity contribution in [2.45, 2.75) is 38.7 Å². The summed E-state index contributed by atoms with van der Waals surface area (Å²) in [5.41, 5.74) is 1.61. The number of carboxylic acid groups (broad SMARTS) is 1. The first kappa shape index (κ1) is 21.9. The monoisotopic (exact) mass is 427 g/mol. The van der Waals surface area contributed by atoms with Gasteiger partial charge in [-0.1, -0.05) is 0 Å². The number of aliphatic carboxylic acids is 1. The van der Waals surface area contributed by atoms with Crippen molar-refractivity contribution in [2.24, 2.45) is 13.0 Å². The molecule has 0 atom stereocenters. The Balaban J connectivity index is 0.000000318. The van der Waals surface area contributed by atoms with E-state index < -0.39 is 12.1 Å². The summed E-state index contributed by atoms with van der Waals surface area (Å²) in [4.78, 5) is 28.3. The highest BCUT2D eigenvalue weighted by Crippen LogP contribution is 2.30. The van der Waals surface area contributed by atoms with Crippen LogP contribution in [0.2, 0.25) is 0 Å². The number of alkyl halides is 3. The van der Waals surface area contributed by atoms with Crippen LogP contribution in [-0.2, 0) is 31.5 Å². The molecule has 1 aliphatic carbocycles. The fourth-order valence-electron chi connectivity index (χ4n) is 3.23. The Kier molecular flexibility index (Phi) is 6.49. The lowest BCUT2D eigenvalue weighted by atomic mass is 10.3. The van der Waals surface area contributed by atoms with Crippen LogP contribution in [0.5, 0.6) is 0 Å². The predicted octanol–water partition coefficient (Wildman–Crippen LogP) is 2.01. The van der Waals surface area contributed by atoms with E-state index in [2.05, 4.69) is 21.0 Å². The maximum absolute atomic E-state index is 12.1. The summed E-state index contributed by atoms with van der Waals surface area (Å²) in [6.45, 7) is 4.73. The molecule has 0 saturated heterocycles. The molecule has 0 spiro atoms. The Labute approximate surface area is 171 Å². The van der Waals surface area contributed by atoms with Crippen molar-refractivity contribution in [3.8, 4) is 0 Å². The summed E-state index contributed by atoms with van der Waals surface area (Å²) in [5.74, 6) is -0.771. The highest BCUT2D eigenvalue weighted by Gasteiger charge is 2.38. The number of rotatable bonds is 5. The number of fused-ring (bicyclic) bond motifs is 1. The molecule has 1 aliphatic heterocycles. The molecule has 4 rings (SSSR count). The Hall–Kier alpha value is -2.82. The smallest absolute Gasteiger partial charge is 0.475 e. The minimum atomic E-state index is -5.08. The van der Waals surface area contributed by atoms with Gasteiger partial charge in [-0.15, -0.1) is 0 Å². The third kappa shape index (κ3) is 5.85. The molecule has 164 valence electrons. The molecule has 1 amide bonds. The van der Waals surface area contributed by atoms with Crippen LogP contribution in [0.25, 0.3) is 0 Å². The summed E-state index contributed by atoms with van der Waals surface area (Å²) < 4.78 is 35.8. The molecule has 1 fully saturated rings. The summed E-state index contributed by atoms with van der Waals surface area (Å²) in [5, 5.41) is 10.1. The van der Waals surface area contributed by atoms with Crippen molar-refractivity contribution in [1.29, 1.82) is 0 Å². The lowest BCUT2D eigenvalue weighted by Crippen LogP contribution is -2.34. The number of carboxylic acids is 1.